The monoisotopic (exact) mass is 526 g/mol. The van der Waals surface area contributed by atoms with Crippen molar-refractivity contribution in [2.75, 3.05) is 13.7 Å². The van der Waals surface area contributed by atoms with E-state index >= 15 is 0 Å². The normalized spacial score (nSPS) is 18.8. The maximum Gasteiger partial charge on any atom is 0.328 e. The number of esters is 1. The van der Waals surface area contributed by atoms with Crippen LogP contribution in [0, 0.1) is 6.92 Å². The molecule has 1 aliphatic rings. The van der Waals surface area contributed by atoms with Gasteiger partial charge in [0.2, 0.25) is 15.9 Å². The number of hydrogen-bond acceptors (Lipinski definition) is 6. The average Bonchev–Trinajstić information content (AvgIpc) is 3.26. The Morgan fingerprint density at radius 1 is 1.16 bits per heavy atom. The van der Waals surface area contributed by atoms with Gasteiger partial charge in [-0.1, -0.05) is 42.8 Å². The molecule has 2 heterocycles. The van der Waals surface area contributed by atoms with E-state index in [1.807, 2.05) is 38.1 Å². The Bertz CT molecular complexity index is 1380. The van der Waals surface area contributed by atoms with Crippen LogP contribution in [-0.4, -0.2) is 55.3 Å². The SMILES string of the molecule is COC(=O)C(CCCCN)NC(=O)C1C(C)c2c([nH]c3ccccc23)CN1S(=O)(=O)c1ccc(C)cc1. The van der Waals surface area contributed by atoms with Crippen molar-refractivity contribution in [1.29, 1.82) is 0 Å². The molecule has 0 spiro atoms. The lowest BCUT2D eigenvalue weighted by atomic mass is 9.87. The summed E-state index contributed by atoms with van der Waals surface area (Å²) in [5.74, 6) is -1.60. The van der Waals surface area contributed by atoms with Crippen LogP contribution in [0.5, 0.6) is 0 Å². The second-order valence-electron chi connectivity index (χ2n) is 9.53. The summed E-state index contributed by atoms with van der Waals surface area (Å²) >= 11 is 0. The van der Waals surface area contributed by atoms with Crippen LogP contribution >= 0.6 is 0 Å². The molecule has 0 fully saturated rings. The number of sulfonamides is 1. The van der Waals surface area contributed by atoms with Crippen molar-refractivity contribution < 1.29 is 22.7 Å². The number of aryl methyl sites for hydroxylation is 1. The van der Waals surface area contributed by atoms with E-state index in [1.54, 1.807) is 24.3 Å². The molecule has 4 N–H and O–H groups in total. The first-order valence-corrected chi connectivity index (χ1v) is 13.9. The van der Waals surface area contributed by atoms with E-state index in [0.29, 0.717) is 25.8 Å². The highest BCUT2D eigenvalue weighted by atomic mass is 32.2. The molecule has 198 valence electrons. The number of rotatable bonds is 9. The number of ether oxygens (including phenoxy) is 1. The summed E-state index contributed by atoms with van der Waals surface area (Å²) in [5.41, 5.74) is 9.05. The van der Waals surface area contributed by atoms with Crippen molar-refractivity contribution in [3.05, 3.63) is 65.4 Å². The van der Waals surface area contributed by atoms with E-state index in [2.05, 4.69) is 10.3 Å². The summed E-state index contributed by atoms with van der Waals surface area (Å²) in [6.45, 7) is 4.19. The van der Waals surface area contributed by atoms with Gasteiger partial charge in [-0.05, 0) is 56.5 Å². The maximum absolute atomic E-state index is 13.9. The number of aromatic nitrogens is 1. The summed E-state index contributed by atoms with van der Waals surface area (Å²) in [4.78, 5) is 29.7. The second-order valence-corrected chi connectivity index (χ2v) is 11.4. The zero-order valence-corrected chi connectivity index (χ0v) is 22.2. The van der Waals surface area contributed by atoms with Gasteiger partial charge >= 0.3 is 5.97 Å². The summed E-state index contributed by atoms with van der Waals surface area (Å²) in [5, 5.41) is 3.74. The molecule has 1 aromatic heterocycles. The number of carbonyl (C=O) groups excluding carboxylic acids is 2. The second kappa shape index (κ2) is 11.0. The minimum Gasteiger partial charge on any atom is -0.467 e. The zero-order valence-electron chi connectivity index (χ0n) is 21.4. The molecule has 10 heteroatoms. The number of carbonyl (C=O) groups is 2. The third kappa shape index (κ3) is 5.27. The largest absolute Gasteiger partial charge is 0.467 e. The van der Waals surface area contributed by atoms with Crippen molar-refractivity contribution in [3.63, 3.8) is 0 Å². The fourth-order valence-electron chi connectivity index (χ4n) is 5.10. The Kier molecular flexibility index (Phi) is 8.01. The fourth-order valence-corrected chi connectivity index (χ4v) is 6.73. The number of para-hydroxylation sites is 1. The van der Waals surface area contributed by atoms with Gasteiger partial charge in [0.15, 0.2) is 0 Å². The van der Waals surface area contributed by atoms with Gasteiger partial charge in [-0.25, -0.2) is 13.2 Å². The van der Waals surface area contributed by atoms with Crippen LogP contribution in [0.4, 0.5) is 0 Å². The number of unbranched alkanes of at least 4 members (excludes halogenated alkanes) is 1. The van der Waals surface area contributed by atoms with Gasteiger partial charge in [0.05, 0.1) is 18.6 Å². The van der Waals surface area contributed by atoms with Gasteiger partial charge < -0.3 is 20.8 Å². The highest BCUT2D eigenvalue weighted by molar-refractivity contribution is 7.89. The first-order valence-electron chi connectivity index (χ1n) is 12.4. The van der Waals surface area contributed by atoms with Crippen LogP contribution in [-0.2, 0) is 30.9 Å². The number of benzene rings is 2. The molecule has 9 nitrogen and oxygen atoms in total. The van der Waals surface area contributed by atoms with Crippen LogP contribution in [0.3, 0.4) is 0 Å². The molecule has 3 atom stereocenters. The molecule has 0 aliphatic carbocycles. The van der Waals surface area contributed by atoms with Crippen molar-refractivity contribution in [2.24, 2.45) is 5.73 Å². The molecule has 1 aliphatic heterocycles. The molecule has 2 aromatic carbocycles. The summed E-state index contributed by atoms with van der Waals surface area (Å²) in [6.07, 6.45) is 1.66. The molecule has 3 unspecified atom stereocenters. The van der Waals surface area contributed by atoms with E-state index in [9.17, 15) is 18.0 Å². The standard InChI is InChI=1S/C27H34N4O5S/c1-17-11-13-19(14-12-17)37(34,35)31-16-23-24(20-8-4-5-9-21(20)29-23)18(2)25(31)26(32)30-22(27(33)36-3)10-6-7-15-28/h4-5,8-9,11-14,18,22,25,29H,6-7,10,15-16,28H2,1-3H3,(H,30,32). The number of aromatic amines is 1. The predicted molar refractivity (Wildman–Crippen MR) is 141 cm³/mol. The Balaban J connectivity index is 1.76. The number of fused-ring (bicyclic) bond motifs is 3. The number of nitrogens with two attached hydrogens (primary N) is 1. The molecule has 0 saturated heterocycles. The average molecular weight is 527 g/mol. The molecule has 0 bridgehead atoms. The Morgan fingerprint density at radius 2 is 1.86 bits per heavy atom. The van der Waals surface area contributed by atoms with Crippen LogP contribution in [0.15, 0.2) is 53.4 Å². The van der Waals surface area contributed by atoms with Crippen LogP contribution in [0.25, 0.3) is 10.9 Å². The topological polar surface area (TPSA) is 135 Å². The Morgan fingerprint density at radius 3 is 2.54 bits per heavy atom. The molecule has 0 radical (unpaired) electrons. The van der Waals surface area contributed by atoms with Crippen LogP contribution in [0.1, 0.15) is 48.9 Å². The lowest BCUT2D eigenvalue weighted by Crippen LogP contribution is -2.56. The number of amides is 1. The van der Waals surface area contributed by atoms with Crippen molar-refractivity contribution in [3.8, 4) is 0 Å². The zero-order chi connectivity index (χ0) is 26.7. The quantitative estimate of drug-likeness (QED) is 0.290. The van der Waals surface area contributed by atoms with E-state index in [0.717, 1.165) is 27.7 Å². The maximum atomic E-state index is 13.9. The number of H-pyrrole nitrogens is 1. The first kappa shape index (κ1) is 26.8. The van der Waals surface area contributed by atoms with Gasteiger partial charge in [-0.15, -0.1) is 0 Å². The molecule has 37 heavy (non-hydrogen) atoms. The van der Waals surface area contributed by atoms with Crippen LogP contribution < -0.4 is 11.1 Å². The lowest BCUT2D eigenvalue weighted by molar-refractivity contribution is -0.146. The Hall–Kier alpha value is -3.21. The van der Waals surface area contributed by atoms with Crippen molar-refractivity contribution in [2.45, 2.75) is 62.6 Å². The molecule has 4 rings (SSSR count). The summed E-state index contributed by atoms with van der Waals surface area (Å²) < 4.78 is 33.9. The first-order chi connectivity index (χ1) is 17.7. The fraction of sp³-hybridized carbons (Fsp3) is 0.407. The van der Waals surface area contributed by atoms with Gasteiger partial charge in [0.1, 0.15) is 12.1 Å². The molecular formula is C27H34N4O5S. The molecule has 3 aromatic rings. The molecule has 0 saturated carbocycles. The highest BCUT2D eigenvalue weighted by Crippen LogP contribution is 2.40. The van der Waals surface area contributed by atoms with E-state index in [4.69, 9.17) is 10.5 Å². The third-order valence-electron chi connectivity index (χ3n) is 7.03. The van der Waals surface area contributed by atoms with Crippen molar-refractivity contribution >= 4 is 32.8 Å². The Labute approximate surface area is 217 Å². The minimum atomic E-state index is -4.05. The van der Waals surface area contributed by atoms with Crippen molar-refractivity contribution in [1.82, 2.24) is 14.6 Å². The number of methoxy groups -OCH3 is 1. The number of nitrogens with zero attached hydrogens (tertiary/aromatic N) is 1. The van der Waals surface area contributed by atoms with Gasteiger partial charge in [0, 0.05) is 22.5 Å². The lowest BCUT2D eigenvalue weighted by Gasteiger charge is -2.38. The van der Waals surface area contributed by atoms with Gasteiger partial charge in [-0.3, -0.25) is 4.79 Å². The smallest absolute Gasteiger partial charge is 0.328 e. The highest BCUT2D eigenvalue weighted by Gasteiger charge is 2.46. The summed E-state index contributed by atoms with van der Waals surface area (Å²) in [6, 6.07) is 12.3. The van der Waals surface area contributed by atoms with E-state index in [-0.39, 0.29) is 11.4 Å². The third-order valence-corrected chi connectivity index (χ3v) is 8.87. The van der Waals surface area contributed by atoms with E-state index in [1.165, 1.54) is 11.4 Å². The predicted octanol–water partition coefficient (Wildman–Crippen LogP) is 2.94. The van der Waals surface area contributed by atoms with Crippen LogP contribution in [0.2, 0.25) is 0 Å². The number of nitrogens with one attached hydrogen (secondary N) is 2. The molecule has 1 amide bonds. The number of hydrogen-bond donors (Lipinski definition) is 3. The van der Waals surface area contributed by atoms with Gasteiger partial charge in [-0.2, -0.15) is 4.31 Å². The van der Waals surface area contributed by atoms with E-state index < -0.39 is 39.9 Å². The van der Waals surface area contributed by atoms with Gasteiger partial charge in [0.25, 0.3) is 0 Å². The molecular weight excluding hydrogens is 492 g/mol. The summed E-state index contributed by atoms with van der Waals surface area (Å²) in [7, 11) is -2.78. The minimum absolute atomic E-state index is 0.00128.